The van der Waals surface area contributed by atoms with Crippen LogP contribution >= 0.6 is 11.6 Å². The van der Waals surface area contributed by atoms with E-state index in [0.717, 1.165) is 5.56 Å². The van der Waals surface area contributed by atoms with Crippen LogP contribution in [-0.2, 0) is 0 Å². The van der Waals surface area contributed by atoms with Gasteiger partial charge in [0.15, 0.2) is 5.76 Å². The zero-order valence-electron chi connectivity index (χ0n) is 9.65. The molecule has 18 heavy (non-hydrogen) atoms. The van der Waals surface area contributed by atoms with Crippen LogP contribution in [0.1, 0.15) is 10.6 Å². The molecule has 1 N–H and O–H groups in total. The summed E-state index contributed by atoms with van der Waals surface area (Å²) in [5.41, 5.74) is 0.838. The van der Waals surface area contributed by atoms with Gasteiger partial charge in [-0.3, -0.25) is 4.79 Å². The second-order valence-electron chi connectivity index (χ2n) is 3.67. The highest BCUT2D eigenvalue weighted by atomic mass is 35.5. The molecule has 0 radical (unpaired) electrons. The number of nitrogens with one attached hydrogen (secondary N) is 1. The molecule has 0 bridgehead atoms. The average molecular weight is 262 g/mol. The van der Waals surface area contributed by atoms with Crippen molar-refractivity contribution in [2.24, 2.45) is 0 Å². The molecule has 1 heterocycles. The minimum Gasteiger partial charge on any atom is -0.451 e. The molecule has 0 unspecified atom stereocenters. The van der Waals surface area contributed by atoms with Gasteiger partial charge in [-0.2, -0.15) is 0 Å². The fourth-order valence-corrected chi connectivity index (χ4v) is 1.70. The molecule has 0 atom stereocenters. The smallest absolute Gasteiger partial charge is 0.287 e. The van der Waals surface area contributed by atoms with Gasteiger partial charge in [-0.25, -0.2) is 0 Å². The van der Waals surface area contributed by atoms with E-state index in [0.29, 0.717) is 17.3 Å². The molecule has 0 aliphatic rings. The van der Waals surface area contributed by atoms with E-state index in [1.807, 2.05) is 12.1 Å². The van der Waals surface area contributed by atoms with Crippen molar-refractivity contribution in [3.05, 3.63) is 59.8 Å². The van der Waals surface area contributed by atoms with Crippen LogP contribution in [0.2, 0.25) is 5.02 Å². The Hall–Kier alpha value is -2.00. The first kappa shape index (κ1) is 12.5. The molecule has 0 spiro atoms. The van der Waals surface area contributed by atoms with Crippen LogP contribution in [0.3, 0.4) is 0 Å². The molecular weight excluding hydrogens is 250 g/mol. The molecule has 0 aliphatic carbocycles. The molecule has 1 aromatic carbocycles. The Kier molecular flexibility index (Phi) is 3.85. The highest BCUT2D eigenvalue weighted by Crippen LogP contribution is 2.24. The molecule has 0 fully saturated rings. The quantitative estimate of drug-likeness (QED) is 0.856. The van der Waals surface area contributed by atoms with Gasteiger partial charge in [0.1, 0.15) is 5.76 Å². The van der Waals surface area contributed by atoms with Crippen molar-refractivity contribution in [2.45, 2.75) is 0 Å². The van der Waals surface area contributed by atoms with Gasteiger partial charge >= 0.3 is 0 Å². The van der Waals surface area contributed by atoms with Crippen molar-refractivity contribution in [2.75, 3.05) is 6.54 Å². The Bertz CT molecular complexity index is 575. The lowest BCUT2D eigenvalue weighted by molar-refractivity contribution is 0.0931. The molecule has 4 heteroatoms. The Morgan fingerprint density at radius 1 is 1.39 bits per heavy atom. The van der Waals surface area contributed by atoms with Crippen molar-refractivity contribution < 1.29 is 9.21 Å². The molecule has 0 saturated heterocycles. The van der Waals surface area contributed by atoms with Crippen LogP contribution in [-0.4, -0.2) is 12.5 Å². The molecule has 2 aromatic rings. The number of hydrogen-bond donors (Lipinski definition) is 1. The van der Waals surface area contributed by atoms with Crippen LogP contribution in [0.25, 0.3) is 11.3 Å². The van der Waals surface area contributed by atoms with E-state index < -0.39 is 0 Å². The van der Waals surface area contributed by atoms with Gasteiger partial charge in [0.2, 0.25) is 0 Å². The number of carbonyl (C=O) groups excluding carboxylic acids is 1. The van der Waals surface area contributed by atoms with E-state index in [-0.39, 0.29) is 11.7 Å². The monoisotopic (exact) mass is 261 g/mol. The highest BCUT2D eigenvalue weighted by Gasteiger charge is 2.11. The molecule has 1 aromatic heterocycles. The molecular formula is C14H12ClNO2. The fourth-order valence-electron chi connectivity index (χ4n) is 1.51. The molecule has 3 nitrogen and oxygen atoms in total. The number of halogens is 1. The van der Waals surface area contributed by atoms with Crippen LogP contribution in [0.4, 0.5) is 0 Å². The Morgan fingerprint density at radius 2 is 2.22 bits per heavy atom. The zero-order chi connectivity index (χ0) is 13.0. The maximum atomic E-state index is 11.6. The summed E-state index contributed by atoms with van der Waals surface area (Å²) in [4.78, 5) is 11.6. The number of furan rings is 1. The predicted octanol–water partition coefficient (Wildman–Crippen LogP) is 3.52. The summed E-state index contributed by atoms with van der Waals surface area (Å²) in [7, 11) is 0. The van der Waals surface area contributed by atoms with Gasteiger partial charge in [-0.15, -0.1) is 6.58 Å². The van der Waals surface area contributed by atoms with Gasteiger partial charge in [0.05, 0.1) is 0 Å². The van der Waals surface area contributed by atoms with Gasteiger partial charge in [-0.1, -0.05) is 29.8 Å². The summed E-state index contributed by atoms with van der Waals surface area (Å²) in [5, 5.41) is 3.27. The number of benzene rings is 1. The fraction of sp³-hybridized carbons (Fsp3) is 0.0714. The van der Waals surface area contributed by atoms with Crippen LogP contribution < -0.4 is 5.32 Å². The summed E-state index contributed by atoms with van der Waals surface area (Å²) in [6.45, 7) is 3.94. The molecule has 1 amide bonds. The summed E-state index contributed by atoms with van der Waals surface area (Å²) in [6.07, 6.45) is 1.61. The molecule has 0 saturated carbocycles. The van der Waals surface area contributed by atoms with Crippen molar-refractivity contribution in [3.8, 4) is 11.3 Å². The SMILES string of the molecule is C=CCNC(=O)c1ccc(-c2cccc(Cl)c2)o1. The van der Waals surface area contributed by atoms with Crippen molar-refractivity contribution in [1.29, 1.82) is 0 Å². The van der Waals surface area contributed by atoms with E-state index in [1.165, 1.54) is 0 Å². The lowest BCUT2D eigenvalue weighted by atomic mass is 10.2. The lowest BCUT2D eigenvalue weighted by Gasteiger charge is -1.99. The number of rotatable bonds is 4. The summed E-state index contributed by atoms with van der Waals surface area (Å²) in [5.74, 6) is 0.622. The minimum atomic E-state index is -0.261. The first-order valence-corrected chi connectivity index (χ1v) is 5.83. The average Bonchev–Trinajstić information content (AvgIpc) is 2.85. The second-order valence-corrected chi connectivity index (χ2v) is 4.11. The topological polar surface area (TPSA) is 42.2 Å². The van der Waals surface area contributed by atoms with Gasteiger partial charge in [-0.05, 0) is 24.3 Å². The molecule has 92 valence electrons. The van der Waals surface area contributed by atoms with Gasteiger partial charge in [0.25, 0.3) is 5.91 Å². The van der Waals surface area contributed by atoms with Crippen LogP contribution in [0, 0.1) is 0 Å². The largest absolute Gasteiger partial charge is 0.451 e. The van der Waals surface area contributed by atoms with E-state index in [4.69, 9.17) is 16.0 Å². The molecule has 2 rings (SSSR count). The van der Waals surface area contributed by atoms with Crippen LogP contribution in [0.5, 0.6) is 0 Å². The Morgan fingerprint density at radius 3 is 2.94 bits per heavy atom. The first-order chi connectivity index (χ1) is 8.70. The maximum absolute atomic E-state index is 11.6. The normalized spacial score (nSPS) is 10.1. The summed E-state index contributed by atoms with van der Waals surface area (Å²) >= 11 is 5.90. The number of carbonyl (C=O) groups is 1. The first-order valence-electron chi connectivity index (χ1n) is 5.45. The predicted molar refractivity (Wildman–Crippen MR) is 71.7 cm³/mol. The summed E-state index contributed by atoms with van der Waals surface area (Å²) < 4.78 is 5.48. The summed E-state index contributed by atoms with van der Waals surface area (Å²) in [6, 6.07) is 10.6. The third-order valence-corrected chi connectivity index (χ3v) is 2.58. The number of hydrogen-bond acceptors (Lipinski definition) is 2. The van der Waals surface area contributed by atoms with Crippen molar-refractivity contribution in [3.63, 3.8) is 0 Å². The zero-order valence-corrected chi connectivity index (χ0v) is 10.4. The Balaban J connectivity index is 2.20. The third kappa shape index (κ3) is 2.81. The van der Waals surface area contributed by atoms with Crippen LogP contribution in [0.15, 0.2) is 53.5 Å². The van der Waals surface area contributed by atoms with E-state index >= 15 is 0 Å². The highest BCUT2D eigenvalue weighted by molar-refractivity contribution is 6.30. The Labute approximate surface area is 110 Å². The van der Waals surface area contributed by atoms with Gasteiger partial charge in [0, 0.05) is 17.1 Å². The third-order valence-electron chi connectivity index (χ3n) is 2.35. The van der Waals surface area contributed by atoms with Crippen molar-refractivity contribution in [1.82, 2.24) is 5.32 Å². The van der Waals surface area contributed by atoms with Gasteiger partial charge < -0.3 is 9.73 Å². The van der Waals surface area contributed by atoms with E-state index in [1.54, 1.807) is 30.3 Å². The lowest BCUT2D eigenvalue weighted by Crippen LogP contribution is -2.22. The standard InChI is InChI=1S/C14H12ClNO2/c1-2-8-16-14(17)13-7-6-12(18-13)10-4-3-5-11(15)9-10/h2-7,9H,1,8H2,(H,16,17). The van der Waals surface area contributed by atoms with E-state index in [2.05, 4.69) is 11.9 Å². The maximum Gasteiger partial charge on any atom is 0.287 e. The molecule has 0 aliphatic heterocycles. The minimum absolute atomic E-state index is 0.261. The van der Waals surface area contributed by atoms with Crippen molar-refractivity contribution >= 4 is 17.5 Å². The van der Waals surface area contributed by atoms with E-state index in [9.17, 15) is 4.79 Å². The number of amides is 1. The second kappa shape index (κ2) is 5.56.